The molecule has 1 fully saturated rings. The highest BCUT2D eigenvalue weighted by atomic mass is 32.2. The number of aliphatic imine (C=N–C) groups is 1. The molecule has 1 atom stereocenters. The van der Waals surface area contributed by atoms with Gasteiger partial charge in [0.15, 0.2) is 5.96 Å². The maximum absolute atomic E-state index is 4.34. The molecule has 134 valence electrons. The van der Waals surface area contributed by atoms with Crippen LogP contribution in [-0.4, -0.2) is 56.4 Å². The molecule has 0 saturated carbocycles. The second-order valence-corrected chi connectivity index (χ2v) is 8.17. The highest BCUT2D eigenvalue weighted by Gasteiger charge is 2.16. The molecule has 1 aromatic rings. The van der Waals surface area contributed by atoms with Crippen LogP contribution in [-0.2, 0) is 0 Å². The summed E-state index contributed by atoms with van der Waals surface area (Å²) in [4.78, 5) is 8.08. The van der Waals surface area contributed by atoms with E-state index in [1.807, 2.05) is 18.8 Å². The summed E-state index contributed by atoms with van der Waals surface area (Å²) < 4.78 is 0. The van der Waals surface area contributed by atoms with E-state index in [-0.39, 0.29) is 0 Å². The van der Waals surface area contributed by atoms with Crippen molar-refractivity contribution in [2.75, 3.05) is 40.3 Å². The number of nitrogens with one attached hydrogen (secondary N) is 2. The number of rotatable bonds is 7. The molecule has 4 nitrogen and oxygen atoms in total. The van der Waals surface area contributed by atoms with Gasteiger partial charge in [0.1, 0.15) is 0 Å². The Hall–Kier alpha value is -1.20. The minimum atomic E-state index is 0.500. The molecule has 1 saturated heterocycles. The molecular weight excluding hydrogens is 316 g/mol. The summed E-state index contributed by atoms with van der Waals surface area (Å²) in [7, 11) is 4.06. The standard InChI is InChI=1S/C19H32N4S/c1-16(24-18-7-5-4-6-8-18)15-22-19(20-2)21-12-9-17-10-13-23(3)14-11-17/h4-8,16-17H,9-15H2,1-3H3,(H2,20,21,22). The largest absolute Gasteiger partial charge is 0.356 e. The molecule has 0 amide bonds. The highest BCUT2D eigenvalue weighted by Crippen LogP contribution is 2.22. The molecule has 0 radical (unpaired) electrons. The van der Waals surface area contributed by atoms with Gasteiger partial charge in [-0.3, -0.25) is 4.99 Å². The number of guanidine groups is 1. The van der Waals surface area contributed by atoms with Gasteiger partial charge in [-0.15, -0.1) is 11.8 Å². The van der Waals surface area contributed by atoms with Gasteiger partial charge in [0.25, 0.3) is 0 Å². The molecule has 1 unspecified atom stereocenters. The number of nitrogens with zero attached hydrogens (tertiary/aromatic N) is 2. The second-order valence-electron chi connectivity index (χ2n) is 6.66. The zero-order valence-corrected chi connectivity index (χ0v) is 16.1. The third-order valence-corrected chi connectivity index (χ3v) is 5.66. The van der Waals surface area contributed by atoms with Crippen molar-refractivity contribution in [2.24, 2.45) is 10.9 Å². The summed E-state index contributed by atoms with van der Waals surface area (Å²) in [5.41, 5.74) is 0. The number of benzene rings is 1. The van der Waals surface area contributed by atoms with Crippen molar-refractivity contribution in [3.63, 3.8) is 0 Å². The zero-order chi connectivity index (χ0) is 17.2. The molecule has 0 bridgehead atoms. The topological polar surface area (TPSA) is 39.7 Å². The molecule has 0 aromatic heterocycles. The first-order chi connectivity index (χ1) is 11.7. The van der Waals surface area contributed by atoms with Gasteiger partial charge in [-0.1, -0.05) is 25.1 Å². The van der Waals surface area contributed by atoms with E-state index in [2.05, 4.69) is 64.8 Å². The van der Waals surface area contributed by atoms with E-state index < -0.39 is 0 Å². The van der Waals surface area contributed by atoms with Crippen LogP contribution in [0.25, 0.3) is 0 Å². The summed E-state index contributed by atoms with van der Waals surface area (Å²) in [6, 6.07) is 10.6. The first kappa shape index (κ1) is 19.1. The van der Waals surface area contributed by atoms with Crippen LogP contribution < -0.4 is 10.6 Å². The van der Waals surface area contributed by atoms with Crippen molar-refractivity contribution < 1.29 is 0 Å². The lowest BCUT2D eigenvalue weighted by Crippen LogP contribution is -2.41. The fourth-order valence-corrected chi connectivity index (χ4v) is 3.93. The van der Waals surface area contributed by atoms with Crippen LogP contribution in [0.3, 0.4) is 0 Å². The van der Waals surface area contributed by atoms with E-state index in [4.69, 9.17) is 0 Å². The molecule has 0 spiro atoms. The first-order valence-electron chi connectivity index (χ1n) is 9.02. The third kappa shape index (κ3) is 7.14. The van der Waals surface area contributed by atoms with Gasteiger partial charge >= 0.3 is 0 Å². The average Bonchev–Trinajstić information content (AvgIpc) is 2.60. The van der Waals surface area contributed by atoms with Crippen molar-refractivity contribution in [2.45, 2.75) is 36.3 Å². The minimum Gasteiger partial charge on any atom is -0.356 e. The first-order valence-corrected chi connectivity index (χ1v) is 9.90. The number of likely N-dealkylation sites (tertiary alicyclic amines) is 1. The van der Waals surface area contributed by atoms with Crippen molar-refractivity contribution in [3.05, 3.63) is 30.3 Å². The van der Waals surface area contributed by atoms with Crippen LogP contribution in [0.15, 0.2) is 40.2 Å². The Labute approximate surface area is 151 Å². The molecule has 2 rings (SSSR count). The third-order valence-electron chi connectivity index (χ3n) is 4.54. The van der Waals surface area contributed by atoms with Crippen molar-refractivity contribution >= 4 is 17.7 Å². The van der Waals surface area contributed by atoms with Crippen molar-refractivity contribution in [1.29, 1.82) is 0 Å². The van der Waals surface area contributed by atoms with E-state index in [0.717, 1.165) is 25.0 Å². The SMILES string of the molecule is CN=C(NCCC1CCN(C)CC1)NCC(C)Sc1ccccc1. The second kappa shape index (κ2) is 10.6. The lowest BCUT2D eigenvalue weighted by atomic mass is 9.94. The Morgan fingerprint density at radius 1 is 1.25 bits per heavy atom. The molecule has 2 N–H and O–H groups in total. The Morgan fingerprint density at radius 2 is 1.96 bits per heavy atom. The molecule has 5 heteroatoms. The molecule has 1 aliphatic heterocycles. The van der Waals surface area contributed by atoms with Crippen molar-refractivity contribution in [3.8, 4) is 0 Å². The normalized spacial score (nSPS) is 18.4. The number of piperidine rings is 1. The Balaban J connectivity index is 1.61. The van der Waals surface area contributed by atoms with Crippen LogP contribution in [0.4, 0.5) is 0 Å². The highest BCUT2D eigenvalue weighted by molar-refractivity contribution is 8.00. The lowest BCUT2D eigenvalue weighted by molar-refractivity contribution is 0.213. The zero-order valence-electron chi connectivity index (χ0n) is 15.3. The number of thioether (sulfide) groups is 1. The van der Waals surface area contributed by atoms with E-state index in [1.165, 1.54) is 37.2 Å². The van der Waals surface area contributed by atoms with E-state index in [1.54, 1.807) is 0 Å². The maximum Gasteiger partial charge on any atom is 0.191 e. The Kier molecular flexibility index (Phi) is 8.47. The molecule has 1 aliphatic rings. The predicted octanol–water partition coefficient (Wildman–Crippen LogP) is 3.06. The average molecular weight is 349 g/mol. The number of hydrogen-bond acceptors (Lipinski definition) is 3. The summed E-state index contributed by atoms with van der Waals surface area (Å²) in [5.74, 6) is 1.78. The van der Waals surface area contributed by atoms with E-state index in [0.29, 0.717) is 5.25 Å². The van der Waals surface area contributed by atoms with Crippen LogP contribution in [0.1, 0.15) is 26.2 Å². The smallest absolute Gasteiger partial charge is 0.191 e. The van der Waals surface area contributed by atoms with Crippen LogP contribution >= 0.6 is 11.8 Å². The summed E-state index contributed by atoms with van der Waals surface area (Å²) in [6.07, 6.45) is 3.90. The fraction of sp³-hybridized carbons (Fsp3) is 0.632. The fourth-order valence-electron chi connectivity index (χ4n) is 2.98. The van der Waals surface area contributed by atoms with Gasteiger partial charge in [0.2, 0.25) is 0 Å². The summed E-state index contributed by atoms with van der Waals surface area (Å²) >= 11 is 1.89. The van der Waals surface area contributed by atoms with Gasteiger partial charge in [-0.05, 0) is 57.5 Å². The number of hydrogen-bond donors (Lipinski definition) is 2. The summed E-state index contributed by atoms with van der Waals surface area (Å²) in [6.45, 7) is 6.65. The Morgan fingerprint density at radius 3 is 2.62 bits per heavy atom. The van der Waals surface area contributed by atoms with Crippen LogP contribution in [0.2, 0.25) is 0 Å². The maximum atomic E-state index is 4.34. The molecule has 1 aromatic carbocycles. The predicted molar refractivity (Wildman–Crippen MR) is 106 cm³/mol. The van der Waals surface area contributed by atoms with Crippen LogP contribution in [0, 0.1) is 5.92 Å². The van der Waals surface area contributed by atoms with Gasteiger partial charge < -0.3 is 15.5 Å². The van der Waals surface area contributed by atoms with E-state index >= 15 is 0 Å². The Bertz CT molecular complexity index is 483. The molecule has 24 heavy (non-hydrogen) atoms. The van der Waals surface area contributed by atoms with E-state index in [9.17, 15) is 0 Å². The van der Waals surface area contributed by atoms with Gasteiger partial charge in [0.05, 0.1) is 0 Å². The van der Waals surface area contributed by atoms with Crippen LogP contribution in [0.5, 0.6) is 0 Å². The minimum absolute atomic E-state index is 0.500. The molecule has 1 heterocycles. The monoisotopic (exact) mass is 348 g/mol. The van der Waals surface area contributed by atoms with Crippen molar-refractivity contribution in [1.82, 2.24) is 15.5 Å². The molecule has 0 aliphatic carbocycles. The van der Waals surface area contributed by atoms with Gasteiger partial charge in [-0.25, -0.2) is 0 Å². The molecular formula is C19H32N4S. The quantitative estimate of drug-likeness (QED) is 0.451. The van der Waals surface area contributed by atoms with Gasteiger partial charge in [0, 0.05) is 30.3 Å². The van der Waals surface area contributed by atoms with Gasteiger partial charge in [-0.2, -0.15) is 0 Å². The lowest BCUT2D eigenvalue weighted by Gasteiger charge is -2.29. The summed E-state index contributed by atoms with van der Waals surface area (Å²) in [5, 5.41) is 7.41.